The number of aliphatic carboxylic acids is 1. The Balaban J connectivity index is 2.43. The van der Waals surface area contributed by atoms with Gasteiger partial charge in [0.1, 0.15) is 5.75 Å². The number of primary amides is 1. The van der Waals surface area contributed by atoms with E-state index in [1.165, 1.54) is 24.3 Å². The first kappa shape index (κ1) is 19.4. The van der Waals surface area contributed by atoms with Gasteiger partial charge in [0.05, 0.1) is 16.7 Å². The summed E-state index contributed by atoms with van der Waals surface area (Å²) in [6, 6.07) is 9.63. The smallest absolute Gasteiger partial charge is 0.330 e. The average Bonchev–Trinajstić information content (AvgIpc) is 2.58. The highest BCUT2D eigenvalue weighted by Crippen LogP contribution is 2.37. The maximum Gasteiger partial charge on any atom is 0.330 e. The van der Waals surface area contributed by atoms with Gasteiger partial charge < -0.3 is 20.9 Å². The summed E-state index contributed by atoms with van der Waals surface area (Å²) in [6.45, 7) is -0.475. The van der Waals surface area contributed by atoms with Crippen molar-refractivity contribution in [3.05, 3.63) is 57.6 Å². The van der Waals surface area contributed by atoms with Crippen LogP contribution < -0.4 is 15.8 Å². The van der Waals surface area contributed by atoms with Gasteiger partial charge in [0, 0.05) is 16.3 Å². The quantitative estimate of drug-likeness (QED) is 0.663. The number of hydrogen-bond acceptors (Lipinski definition) is 5. The van der Waals surface area contributed by atoms with E-state index in [2.05, 4.69) is 5.32 Å². The monoisotopic (exact) mass is 393 g/mol. The van der Waals surface area contributed by atoms with Gasteiger partial charge in [-0.25, -0.2) is 4.79 Å². The van der Waals surface area contributed by atoms with E-state index in [0.717, 1.165) is 0 Å². The molecule has 0 aliphatic heterocycles. The third-order valence-electron chi connectivity index (χ3n) is 3.28. The molecule has 7 nitrogen and oxygen atoms in total. The van der Waals surface area contributed by atoms with E-state index >= 15 is 0 Å². The molecule has 9 heteroatoms. The van der Waals surface area contributed by atoms with Crippen molar-refractivity contribution in [3.8, 4) is 11.8 Å². The first-order valence-corrected chi connectivity index (χ1v) is 7.97. The van der Waals surface area contributed by atoms with Crippen LogP contribution in [0.5, 0.6) is 5.75 Å². The lowest BCUT2D eigenvalue weighted by atomic mass is 10.0. The molecule has 2 aromatic rings. The van der Waals surface area contributed by atoms with Crippen LogP contribution in [0.15, 0.2) is 36.4 Å². The van der Waals surface area contributed by atoms with Gasteiger partial charge in [0.2, 0.25) is 0 Å². The number of benzene rings is 2. The molecule has 0 heterocycles. The van der Waals surface area contributed by atoms with Gasteiger partial charge in [-0.1, -0.05) is 23.2 Å². The number of nitrogens with zero attached hydrogens (tertiary/aromatic N) is 1. The highest BCUT2D eigenvalue weighted by atomic mass is 35.5. The van der Waals surface area contributed by atoms with Crippen LogP contribution in [0.25, 0.3) is 0 Å². The third-order valence-corrected chi connectivity index (χ3v) is 3.78. The Bertz CT molecular complexity index is 879. The average molecular weight is 394 g/mol. The van der Waals surface area contributed by atoms with Crippen molar-refractivity contribution in [1.82, 2.24) is 0 Å². The molecular formula is C17H13Cl2N3O4. The maximum absolute atomic E-state index is 11.8. The van der Waals surface area contributed by atoms with Crippen LogP contribution in [0.4, 0.5) is 5.69 Å². The summed E-state index contributed by atoms with van der Waals surface area (Å²) in [5, 5.41) is 21.5. The standard InChI is InChI=1S/C17H13Cl2N3O4/c18-10-5-12(16(13(19)6-10)26-8-14(21)23)15(17(24)25)22-11-3-1-9(7-20)2-4-11/h1-6,15,22H,8H2,(H2,21,23)(H,24,25). The van der Waals surface area contributed by atoms with E-state index in [9.17, 15) is 14.7 Å². The van der Waals surface area contributed by atoms with Crippen LogP contribution >= 0.6 is 23.2 Å². The van der Waals surface area contributed by atoms with Crippen LogP contribution in [-0.2, 0) is 9.59 Å². The number of carboxylic acids is 1. The predicted molar refractivity (Wildman–Crippen MR) is 96.3 cm³/mol. The van der Waals surface area contributed by atoms with E-state index in [1.807, 2.05) is 6.07 Å². The highest BCUT2D eigenvalue weighted by molar-refractivity contribution is 6.35. The van der Waals surface area contributed by atoms with Crippen molar-refractivity contribution >= 4 is 40.8 Å². The van der Waals surface area contributed by atoms with Crippen LogP contribution in [0.2, 0.25) is 10.0 Å². The first-order valence-electron chi connectivity index (χ1n) is 7.21. The van der Waals surface area contributed by atoms with E-state index in [4.69, 9.17) is 38.9 Å². The van der Waals surface area contributed by atoms with Crippen LogP contribution in [0.3, 0.4) is 0 Å². The molecule has 4 N–H and O–H groups in total. The maximum atomic E-state index is 11.8. The molecule has 0 aliphatic rings. The third kappa shape index (κ3) is 4.79. The summed E-state index contributed by atoms with van der Waals surface area (Å²) in [6.07, 6.45) is 0. The molecule has 0 spiro atoms. The van der Waals surface area contributed by atoms with Crippen molar-refractivity contribution in [1.29, 1.82) is 5.26 Å². The van der Waals surface area contributed by atoms with Crippen molar-refractivity contribution in [2.24, 2.45) is 5.73 Å². The van der Waals surface area contributed by atoms with Crippen molar-refractivity contribution in [3.63, 3.8) is 0 Å². The summed E-state index contributed by atoms with van der Waals surface area (Å²) in [5.41, 5.74) is 6.07. The number of rotatable bonds is 7. The molecule has 0 bridgehead atoms. The molecule has 2 rings (SSSR count). The Morgan fingerprint density at radius 2 is 1.92 bits per heavy atom. The lowest BCUT2D eigenvalue weighted by molar-refractivity contribution is -0.138. The first-order chi connectivity index (χ1) is 12.3. The molecule has 0 aliphatic carbocycles. The number of amides is 1. The second-order valence-corrected chi connectivity index (χ2v) is 6.01. The molecule has 0 saturated carbocycles. The lowest BCUT2D eigenvalue weighted by Gasteiger charge is -2.20. The van der Waals surface area contributed by atoms with Crippen LogP contribution in [0, 0.1) is 11.3 Å². The Morgan fingerprint density at radius 3 is 2.46 bits per heavy atom. The van der Waals surface area contributed by atoms with Gasteiger partial charge in [0.15, 0.2) is 12.6 Å². The molecular weight excluding hydrogens is 381 g/mol. The topological polar surface area (TPSA) is 125 Å². The molecule has 26 heavy (non-hydrogen) atoms. The van der Waals surface area contributed by atoms with Gasteiger partial charge in [-0.3, -0.25) is 4.79 Å². The van der Waals surface area contributed by atoms with E-state index in [-0.39, 0.29) is 21.4 Å². The number of hydrogen-bond donors (Lipinski definition) is 3. The number of carbonyl (C=O) groups is 2. The molecule has 2 aromatic carbocycles. The number of halogens is 2. The zero-order valence-corrected chi connectivity index (χ0v) is 14.7. The minimum absolute atomic E-state index is 0.0107. The van der Waals surface area contributed by atoms with E-state index in [0.29, 0.717) is 11.3 Å². The Kier molecular flexibility index (Phi) is 6.28. The summed E-state index contributed by atoms with van der Waals surface area (Å²) in [7, 11) is 0. The summed E-state index contributed by atoms with van der Waals surface area (Å²) in [5.74, 6) is -1.98. The summed E-state index contributed by atoms with van der Waals surface area (Å²) >= 11 is 12.1. The number of ether oxygens (including phenoxy) is 1. The van der Waals surface area contributed by atoms with Gasteiger partial charge in [-0.15, -0.1) is 0 Å². The van der Waals surface area contributed by atoms with Crippen LogP contribution in [0.1, 0.15) is 17.2 Å². The normalized spacial score (nSPS) is 11.3. The number of anilines is 1. The van der Waals surface area contributed by atoms with Crippen molar-refractivity contribution in [2.75, 3.05) is 11.9 Å². The van der Waals surface area contributed by atoms with Gasteiger partial charge in [-0.2, -0.15) is 5.26 Å². The number of carbonyl (C=O) groups excluding carboxylic acids is 1. The molecule has 1 unspecified atom stereocenters. The van der Waals surface area contributed by atoms with Gasteiger partial charge in [-0.05, 0) is 36.4 Å². The zero-order valence-electron chi connectivity index (χ0n) is 13.2. The van der Waals surface area contributed by atoms with Crippen molar-refractivity contribution in [2.45, 2.75) is 6.04 Å². The molecule has 134 valence electrons. The summed E-state index contributed by atoms with van der Waals surface area (Å²) < 4.78 is 5.28. The fourth-order valence-electron chi connectivity index (χ4n) is 2.17. The fraction of sp³-hybridized carbons (Fsp3) is 0.118. The van der Waals surface area contributed by atoms with E-state index in [1.54, 1.807) is 12.1 Å². The second-order valence-electron chi connectivity index (χ2n) is 5.17. The summed E-state index contributed by atoms with van der Waals surface area (Å²) in [4.78, 5) is 22.8. The number of carboxylic acid groups (broad SMARTS) is 1. The SMILES string of the molecule is N#Cc1ccc(NC(C(=O)O)c2cc(Cl)cc(Cl)c2OCC(N)=O)cc1. The van der Waals surface area contributed by atoms with Crippen LogP contribution in [-0.4, -0.2) is 23.6 Å². The van der Waals surface area contributed by atoms with Gasteiger partial charge in [0.25, 0.3) is 5.91 Å². The second kappa shape index (κ2) is 8.43. The van der Waals surface area contributed by atoms with Crippen molar-refractivity contribution < 1.29 is 19.4 Å². The largest absolute Gasteiger partial charge is 0.482 e. The molecule has 0 aromatic heterocycles. The molecule has 1 atom stereocenters. The minimum atomic E-state index is -1.28. The number of nitrogens with two attached hydrogens (primary N) is 1. The van der Waals surface area contributed by atoms with Gasteiger partial charge >= 0.3 is 5.97 Å². The minimum Gasteiger partial charge on any atom is -0.482 e. The lowest BCUT2D eigenvalue weighted by Crippen LogP contribution is -2.24. The Labute approximate surface area is 158 Å². The zero-order chi connectivity index (χ0) is 19.3. The fourth-order valence-corrected chi connectivity index (χ4v) is 2.73. The van der Waals surface area contributed by atoms with E-state index < -0.39 is 24.5 Å². The number of nitrogens with one attached hydrogen (secondary N) is 1. The molecule has 1 amide bonds. The molecule has 0 saturated heterocycles. The highest BCUT2D eigenvalue weighted by Gasteiger charge is 2.26. The molecule has 0 radical (unpaired) electrons. The molecule has 0 fully saturated rings. The number of nitriles is 1. The Morgan fingerprint density at radius 1 is 1.27 bits per heavy atom. The predicted octanol–water partition coefficient (Wildman–Crippen LogP) is 2.97. The Hall–Kier alpha value is -2.95.